The third-order valence-corrected chi connectivity index (χ3v) is 3.35. The molecule has 1 fully saturated rings. The average molecular weight is 264 g/mol. The monoisotopic (exact) mass is 264 g/mol. The van der Waals surface area contributed by atoms with E-state index in [9.17, 15) is 4.79 Å². The van der Waals surface area contributed by atoms with Crippen LogP contribution in [0.1, 0.15) is 30.3 Å². The molecule has 1 aromatic rings. The summed E-state index contributed by atoms with van der Waals surface area (Å²) in [5.74, 6) is 0.336. The SMILES string of the molecule is CCN(CC1CCCN1)c1ccc(C(=O)OC)nn1. The van der Waals surface area contributed by atoms with Crippen molar-refractivity contribution in [1.29, 1.82) is 0 Å². The van der Waals surface area contributed by atoms with Crippen LogP contribution in [-0.2, 0) is 4.74 Å². The van der Waals surface area contributed by atoms with Gasteiger partial charge in [0.05, 0.1) is 7.11 Å². The summed E-state index contributed by atoms with van der Waals surface area (Å²) < 4.78 is 4.61. The van der Waals surface area contributed by atoms with Crippen LogP contribution in [0.15, 0.2) is 12.1 Å². The number of carbonyl (C=O) groups excluding carboxylic acids is 1. The number of likely N-dealkylation sites (N-methyl/N-ethyl adjacent to an activating group) is 1. The van der Waals surface area contributed by atoms with E-state index in [1.165, 1.54) is 20.0 Å². The summed E-state index contributed by atoms with van der Waals surface area (Å²) in [6.45, 7) is 4.97. The van der Waals surface area contributed by atoms with Gasteiger partial charge in [0.1, 0.15) is 0 Å². The van der Waals surface area contributed by atoms with Crippen LogP contribution in [0, 0.1) is 0 Å². The predicted octanol–water partition coefficient (Wildman–Crippen LogP) is 0.841. The maximum atomic E-state index is 11.3. The molecule has 1 saturated heterocycles. The van der Waals surface area contributed by atoms with Gasteiger partial charge in [-0.25, -0.2) is 4.79 Å². The van der Waals surface area contributed by atoms with Crippen molar-refractivity contribution in [2.45, 2.75) is 25.8 Å². The molecule has 1 N–H and O–H groups in total. The average Bonchev–Trinajstić information content (AvgIpc) is 2.97. The maximum absolute atomic E-state index is 11.3. The molecule has 19 heavy (non-hydrogen) atoms. The summed E-state index contributed by atoms with van der Waals surface area (Å²) in [7, 11) is 1.34. The second-order valence-electron chi connectivity index (χ2n) is 4.60. The molecular weight excluding hydrogens is 244 g/mol. The van der Waals surface area contributed by atoms with E-state index in [1.807, 2.05) is 6.07 Å². The number of aromatic nitrogens is 2. The van der Waals surface area contributed by atoms with E-state index in [0.717, 1.165) is 25.5 Å². The van der Waals surface area contributed by atoms with E-state index in [0.29, 0.717) is 6.04 Å². The van der Waals surface area contributed by atoms with Crippen LogP contribution in [0.2, 0.25) is 0 Å². The number of carbonyl (C=O) groups is 1. The third kappa shape index (κ3) is 3.41. The van der Waals surface area contributed by atoms with Crippen molar-refractivity contribution in [1.82, 2.24) is 15.5 Å². The molecule has 1 atom stereocenters. The molecule has 1 aromatic heterocycles. The molecule has 2 rings (SSSR count). The molecule has 0 saturated carbocycles. The number of nitrogens with zero attached hydrogens (tertiary/aromatic N) is 3. The second kappa shape index (κ2) is 6.47. The van der Waals surface area contributed by atoms with Crippen molar-refractivity contribution < 1.29 is 9.53 Å². The van der Waals surface area contributed by atoms with Crippen LogP contribution in [0.4, 0.5) is 5.82 Å². The van der Waals surface area contributed by atoms with Gasteiger partial charge in [0, 0.05) is 19.1 Å². The Balaban J connectivity index is 2.03. The number of hydrogen-bond acceptors (Lipinski definition) is 6. The number of esters is 1. The van der Waals surface area contributed by atoms with Gasteiger partial charge in [-0.05, 0) is 38.4 Å². The Morgan fingerprint density at radius 2 is 2.37 bits per heavy atom. The summed E-state index contributed by atoms with van der Waals surface area (Å²) in [4.78, 5) is 13.5. The van der Waals surface area contributed by atoms with Crippen molar-refractivity contribution in [3.8, 4) is 0 Å². The van der Waals surface area contributed by atoms with E-state index in [2.05, 4.69) is 32.1 Å². The molecule has 0 amide bonds. The van der Waals surface area contributed by atoms with Gasteiger partial charge in [0.2, 0.25) is 0 Å². The first-order valence-electron chi connectivity index (χ1n) is 6.65. The number of anilines is 1. The molecule has 0 bridgehead atoms. The summed E-state index contributed by atoms with van der Waals surface area (Å²) in [5.41, 5.74) is 0.237. The lowest BCUT2D eigenvalue weighted by Crippen LogP contribution is -2.38. The highest BCUT2D eigenvalue weighted by Gasteiger charge is 2.18. The smallest absolute Gasteiger partial charge is 0.358 e. The van der Waals surface area contributed by atoms with Gasteiger partial charge in [-0.3, -0.25) is 0 Å². The highest BCUT2D eigenvalue weighted by molar-refractivity contribution is 5.86. The fourth-order valence-corrected chi connectivity index (χ4v) is 2.27. The summed E-state index contributed by atoms with van der Waals surface area (Å²) in [6.07, 6.45) is 2.43. The minimum absolute atomic E-state index is 0.237. The lowest BCUT2D eigenvalue weighted by atomic mass is 10.2. The highest BCUT2D eigenvalue weighted by atomic mass is 16.5. The number of nitrogens with one attached hydrogen (secondary N) is 1. The first-order valence-corrected chi connectivity index (χ1v) is 6.65. The molecule has 2 heterocycles. The molecule has 6 heteroatoms. The van der Waals surface area contributed by atoms with Crippen molar-refractivity contribution in [2.75, 3.05) is 31.6 Å². The number of methoxy groups -OCH3 is 1. The minimum atomic E-state index is -0.459. The van der Waals surface area contributed by atoms with Crippen molar-refractivity contribution in [3.63, 3.8) is 0 Å². The van der Waals surface area contributed by atoms with Gasteiger partial charge in [-0.2, -0.15) is 0 Å². The Morgan fingerprint density at radius 1 is 1.53 bits per heavy atom. The van der Waals surface area contributed by atoms with Crippen LogP contribution >= 0.6 is 0 Å². The van der Waals surface area contributed by atoms with E-state index in [-0.39, 0.29) is 5.69 Å². The zero-order valence-corrected chi connectivity index (χ0v) is 11.4. The molecular formula is C13H20N4O2. The first-order chi connectivity index (χ1) is 9.24. The predicted molar refractivity (Wildman–Crippen MR) is 72.3 cm³/mol. The highest BCUT2D eigenvalue weighted by Crippen LogP contribution is 2.13. The summed E-state index contributed by atoms with van der Waals surface area (Å²) in [6, 6.07) is 3.98. The fourth-order valence-electron chi connectivity index (χ4n) is 2.27. The Morgan fingerprint density at radius 3 is 2.89 bits per heavy atom. The Bertz CT molecular complexity index is 415. The van der Waals surface area contributed by atoms with Crippen molar-refractivity contribution >= 4 is 11.8 Å². The lowest BCUT2D eigenvalue weighted by Gasteiger charge is -2.24. The lowest BCUT2D eigenvalue weighted by molar-refractivity contribution is 0.0592. The Labute approximate surface area is 113 Å². The van der Waals surface area contributed by atoms with Crippen LogP contribution in [0.25, 0.3) is 0 Å². The van der Waals surface area contributed by atoms with Crippen LogP contribution in [-0.4, -0.2) is 49.0 Å². The van der Waals surface area contributed by atoms with Gasteiger partial charge in [0.25, 0.3) is 0 Å². The largest absolute Gasteiger partial charge is 0.464 e. The van der Waals surface area contributed by atoms with E-state index in [1.54, 1.807) is 6.07 Å². The summed E-state index contributed by atoms with van der Waals surface area (Å²) >= 11 is 0. The molecule has 0 aliphatic carbocycles. The molecule has 0 spiro atoms. The van der Waals surface area contributed by atoms with E-state index < -0.39 is 5.97 Å². The van der Waals surface area contributed by atoms with Gasteiger partial charge >= 0.3 is 5.97 Å². The molecule has 0 radical (unpaired) electrons. The molecule has 6 nitrogen and oxygen atoms in total. The standard InChI is InChI=1S/C13H20N4O2/c1-3-17(9-10-5-4-8-14-10)12-7-6-11(15-16-12)13(18)19-2/h6-7,10,14H,3-5,8-9H2,1-2H3. The Hall–Kier alpha value is -1.69. The number of rotatable bonds is 5. The number of ether oxygens (including phenoxy) is 1. The normalized spacial score (nSPS) is 18.3. The van der Waals surface area contributed by atoms with Gasteiger partial charge < -0.3 is 15.0 Å². The maximum Gasteiger partial charge on any atom is 0.358 e. The molecule has 1 aliphatic heterocycles. The van der Waals surface area contributed by atoms with E-state index in [4.69, 9.17) is 0 Å². The fraction of sp³-hybridized carbons (Fsp3) is 0.615. The van der Waals surface area contributed by atoms with E-state index >= 15 is 0 Å². The molecule has 0 aromatic carbocycles. The zero-order valence-electron chi connectivity index (χ0n) is 11.4. The van der Waals surface area contributed by atoms with Gasteiger partial charge in [-0.1, -0.05) is 0 Å². The summed E-state index contributed by atoms with van der Waals surface area (Å²) in [5, 5.41) is 11.5. The quantitative estimate of drug-likeness (QED) is 0.795. The third-order valence-electron chi connectivity index (χ3n) is 3.35. The van der Waals surface area contributed by atoms with Crippen LogP contribution in [0.5, 0.6) is 0 Å². The minimum Gasteiger partial charge on any atom is -0.464 e. The molecule has 1 unspecified atom stereocenters. The molecule has 1 aliphatic rings. The second-order valence-corrected chi connectivity index (χ2v) is 4.60. The zero-order chi connectivity index (χ0) is 13.7. The Kier molecular flexibility index (Phi) is 4.68. The topological polar surface area (TPSA) is 67.4 Å². The van der Waals surface area contributed by atoms with Crippen molar-refractivity contribution in [3.05, 3.63) is 17.8 Å². The number of hydrogen-bond donors (Lipinski definition) is 1. The van der Waals surface area contributed by atoms with Crippen molar-refractivity contribution in [2.24, 2.45) is 0 Å². The van der Waals surface area contributed by atoms with Gasteiger partial charge in [-0.15, -0.1) is 10.2 Å². The van der Waals surface area contributed by atoms with Crippen LogP contribution in [0.3, 0.4) is 0 Å². The molecule has 104 valence electrons. The first kappa shape index (κ1) is 13.7. The van der Waals surface area contributed by atoms with Crippen LogP contribution < -0.4 is 10.2 Å². The van der Waals surface area contributed by atoms with Gasteiger partial charge in [0.15, 0.2) is 11.5 Å².